The van der Waals surface area contributed by atoms with Crippen molar-refractivity contribution in [3.8, 4) is 5.75 Å². The van der Waals surface area contributed by atoms with E-state index in [-0.39, 0.29) is 35.0 Å². The molecule has 7 nitrogen and oxygen atoms in total. The number of rotatable bonds is 3. The van der Waals surface area contributed by atoms with E-state index < -0.39 is 70.1 Å². The molecule has 0 aromatic heterocycles. The highest BCUT2D eigenvalue weighted by atomic mass is 35.5. The van der Waals surface area contributed by atoms with Crippen molar-refractivity contribution in [3.05, 3.63) is 99.6 Å². The fourth-order valence-electron chi connectivity index (χ4n) is 7.84. The first-order valence-electron chi connectivity index (χ1n) is 14.1. The van der Waals surface area contributed by atoms with Gasteiger partial charge in [0.15, 0.2) is 11.6 Å². The van der Waals surface area contributed by atoms with Crippen LogP contribution in [0.2, 0.25) is 10.0 Å². The van der Waals surface area contributed by atoms with E-state index in [2.05, 4.69) is 0 Å². The number of fused-ring (bicyclic) bond motifs is 4. The average molecular weight is 637 g/mol. The predicted molar refractivity (Wildman–Crippen MR) is 158 cm³/mol. The van der Waals surface area contributed by atoms with Crippen LogP contribution in [0.5, 0.6) is 5.75 Å². The van der Waals surface area contributed by atoms with Gasteiger partial charge in [0.05, 0.1) is 39.6 Å². The van der Waals surface area contributed by atoms with Gasteiger partial charge in [-0.15, -0.1) is 0 Å². The van der Waals surface area contributed by atoms with Crippen molar-refractivity contribution in [2.75, 3.05) is 9.80 Å². The number of carbonyl (C=O) groups excluding carboxylic acids is 4. The fraction of sp³-hybridized carbons (Fsp3) is 0.273. The highest BCUT2D eigenvalue weighted by molar-refractivity contribution is 6.32. The number of nitrogens with zero attached hydrogens (tertiary/aromatic N) is 2. The summed E-state index contributed by atoms with van der Waals surface area (Å²) in [5.74, 6) is -8.58. The molecule has 0 bridgehead atoms. The van der Waals surface area contributed by atoms with Gasteiger partial charge in [0.2, 0.25) is 23.6 Å². The molecule has 1 N–H and O–H groups in total. The number of amides is 4. The number of phenols is 1. The molecule has 3 aromatic rings. The quantitative estimate of drug-likeness (QED) is 0.265. The molecule has 2 aliphatic carbocycles. The number of imide groups is 2. The summed E-state index contributed by atoms with van der Waals surface area (Å²) in [5.41, 5.74) is -0.393. The third-order valence-electron chi connectivity index (χ3n) is 9.85. The predicted octanol–water partition coefficient (Wildman–Crippen LogP) is 6.41. The summed E-state index contributed by atoms with van der Waals surface area (Å²) in [6.07, 6.45) is 2.03. The summed E-state index contributed by atoms with van der Waals surface area (Å²) in [7, 11) is 0. The SMILES string of the molecule is C[C@@]12C(=O)N(c3ccc(F)c(Cl)c3)C(=O)[C@@H]1C[C@@H]1C(=CC[C@@H]3C(=O)N(c4ccc(Cl)cc4)C(=O)[C@@H]31)[C@@H]2c1cccc(F)c1O. The van der Waals surface area contributed by atoms with E-state index in [1.807, 2.05) is 0 Å². The summed E-state index contributed by atoms with van der Waals surface area (Å²) >= 11 is 12.0. The first kappa shape index (κ1) is 28.7. The number of halogens is 4. The van der Waals surface area contributed by atoms with Crippen LogP contribution in [0.1, 0.15) is 31.2 Å². The second-order valence-corrected chi connectivity index (χ2v) is 12.8. The second-order valence-electron chi connectivity index (χ2n) is 11.9. The van der Waals surface area contributed by atoms with Crippen LogP contribution in [0.3, 0.4) is 0 Å². The molecule has 7 rings (SSSR count). The Labute approximate surface area is 260 Å². The molecule has 1 saturated carbocycles. The average Bonchev–Trinajstić information content (AvgIpc) is 3.36. The van der Waals surface area contributed by atoms with Gasteiger partial charge in [0, 0.05) is 16.5 Å². The smallest absolute Gasteiger partial charge is 0.241 e. The number of anilines is 2. The van der Waals surface area contributed by atoms with E-state index in [9.17, 15) is 33.1 Å². The highest BCUT2D eigenvalue weighted by Crippen LogP contribution is 2.64. The van der Waals surface area contributed by atoms with E-state index in [1.54, 1.807) is 37.3 Å². The minimum Gasteiger partial charge on any atom is -0.505 e. The topological polar surface area (TPSA) is 95.0 Å². The summed E-state index contributed by atoms with van der Waals surface area (Å²) in [6, 6.07) is 13.8. The first-order chi connectivity index (χ1) is 20.9. The molecule has 4 aliphatic rings. The number of hydrogen-bond acceptors (Lipinski definition) is 5. The third kappa shape index (κ3) is 3.85. The lowest BCUT2D eigenvalue weighted by Gasteiger charge is -2.49. The van der Waals surface area contributed by atoms with Crippen molar-refractivity contribution in [3.63, 3.8) is 0 Å². The molecule has 6 atom stereocenters. The molecular weight excluding hydrogens is 613 g/mol. The molecule has 2 aliphatic heterocycles. The van der Waals surface area contributed by atoms with Crippen molar-refractivity contribution in [1.82, 2.24) is 0 Å². The monoisotopic (exact) mass is 636 g/mol. The Morgan fingerprint density at radius 2 is 1.55 bits per heavy atom. The lowest BCUT2D eigenvalue weighted by Crippen LogP contribution is -2.49. The van der Waals surface area contributed by atoms with Gasteiger partial charge in [0.1, 0.15) is 5.82 Å². The second kappa shape index (κ2) is 9.97. The molecule has 11 heteroatoms. The maximum Gasteiger partial charge on any atom is 0.241 e. The zero-order valence-electron chi connectivity index (χ0n) is 23.1. The van der Waals surface area contributed by atoms with Gasteiger partial charge < -0.3 is 5.11 Å². The van der Waals surface area contributed by atoms with Crippen LogP contribution < -0.4 is 9.80 Å². The third-order valence-corrected chi connectivity index (χ3v) is 10.4. The Kier molecular flexibility index (Phi) is 6.50. The summed E-state index contributed by atoms with van der Waals surface area (Å²) in [4.78, 5) is 58.3. The first-order valence-corrected chi connectivity index (χ1v) is 14.8. The maximum atomic E-state index is 14.8. The van der Waals surface area contributed by atoms with Crippen molar-refractivity contribution in [1.29, 1.82) is 0 Å². The molecular formula is C33H24Cl2F2N2O5. The van der Waals surface area contributed by atoms with Gasteiger partial charge in [-0.3, -0.25) is 24.1 Å². The highest BCUT2D eigenvalue weighted by Gasteiger charge is 2.68. The Morgan fingerprint density at radius 3 is 2.25 bits per heavy atom. The van der Waals surface area contributed by atoms with Crippen molar-refractivity contribution in [2.45, 2.75) is 25.7 Å². The number of para-hydroxylation sites is 1. The fourth-order valence-corrected chi connectivity index (χ4v) is 8.14. The molecule has 4 amide bonds. The number of benzene rings is 3. The van der Waals surface area contributed by atoms with E-state index in [0.29, 0.717) is 16.3 Å². The maximum absolute atomic E-state index is 14.8. The van der Waals surface area contributed by atoms with Crippen LogP contribution in [-0.4, -0.2) is 28.7 Å². The van der Waals surface area contributed by atoms with Gasteiger partial charge in [-0.25, -0.2) is 13.7 Å². The van der Waals surface area contributed by atoms with E-state index in [4.69, 9.17) is 23.2 Å². The van der Waals surface area contributed by atoms with Crippen LogP contribution in [0.4, 0.5) is 20.2 Å². The van der Waals surface area contributed by atoms with Crippen molar-refractivity contribution < 1.29 is 33.1 Å². The minimum atomic E-state index is -1.51. The normalized spacial score (nSPS) is 29.5. The van der Waals surface area contributed by atoms with Crippen LogP contribution in [0, 0.1) is 40.7 Å². The van der Waals surface area contributed by atoms with Crippen LogP contribution >= 0.6 is 23.2 Å². The van der Waals surface area contributed by atoms with Gasteiger partial charge in [0.25, 0.3) is 0 Å². The Hall–Kier alpha value is -4.08. The Bertz CT molecular complexity index is 1830. The lowest BCUT2D eigenvalue weighted by molar-refractivity contribution is -0.131. The number of allylic oxidation sites excluding steroid dienone is 2. The number of phenolic OH excluding ortho intramolecular Hbond substituents is 1. The molecule has 0 unspecified atom stereocenters. The van der Waals surface area contributed by atoms with Crippen LogP contribution in [-0.2, 0) is 19.2 Å². The molecule has 44 heavy (non-hydrogen) atoms. The van der Waals surface area contributed by atoms with E-state index in [1.165, 1.54) is 24.3 Å². The van der Waals surface area contributed by atoms with Gasteiger partial charge in [-0.2, -0.15) is 0 Å². The van der Waals surface area contributed by atoms with Crippen LogP contribution in [0.25, 0.3) is 0 Å². The largest absolute Gasteiger partial charge is 0.505 e. The van der Waals surface area contributed by atoms with Crippen molar-refractivity contribution >= 4 is 58.2 Å². The number of hydrogen-bond donors (Lipinski definition) is 1. The summed E-state index contributed by atoms with van der Waals surface area (Å²) in [5, 5.41) is 11.1. The minimum absolute atomic E-state index is 0.0551. The molecule has 2 saturated heterocycles. The number of carbonyl (C=O) groups is 4. The van der Waals surface area contributed by atoms with E-state index in [0.717, 1.165) is 21.9 Å². The standard InChI is InChI=1S/C33H24Cl2F2N2O5/c1-33-22(30(42)39(32(33)44)17-9-12-24(36)23(35)13-17)14-21-18(27(33)20-3-2-4-25(37)28(20)40)10-11-19-26(21)31(43)38(29(19)41)16-7-5-15(34)6-8-16/h2-10,12-13,19,21-22,26-27,40H,11,14H2,1H3/t19-,21+,22-,26-,27+,33+/m0/s1. The summed E-state index contributed by atoms with van der Waals surface area (Å²) < 4.78 is 28.8. The molecule has 3 aromatic carbocycles. The Balaban J connectivity index is 1.38. The lowest BCUT2D eigenvalue weighted by atomic mass is 9.51. The Morgan fingerprint density at radius 1 is 0.841 bits per heavy atom. The van der Waals surface area contributed by atoms with Gasteiger partial charge >= 0.3 is 0 Å². The van der Waals surface area contributed by atoms with Gasteiger partial charge in [-0.05, 0) is 74.2 Å². The molecule has 0 spiro atoms. The molecule has 2 heterocycles. The molecule has 0 radical (unpaired) electrons. The van der Waals surface area contributed by atoms with Crippen LogP contribution in [0.15, 0.2) is 72.3 Å². The summed E-state index contributed by atoms with van der Waals surface area (Å²) in [6.45, 7) is 1.60. The van der Waals surface area contributed by atoms with Crippen molar-refractivity contribution in [2.24, 2.45) is 29.1 Å². The molecule has 224 valence electrons. The zero-order chi connectivity index (χ0) is 31.2. The van der Waals surface area contributed by atoms with Gasteiger partial charge in [-0.1, -0.05) is 47.0 Å². The zero-order valence-corrected chi connectivity index (χ0v) is 24.7. The number of aromatic hydroxyl groups is 1. The van der Waals surface area contributed by atoms with E-state index >= 15 is 0 Å². The molecule has 3 fully saturated rings.